The fourth-order valence-electron chi connectivity index (χ4n) is 5.04. The molecule has 2 aromatic heterocycles. The summed E-state index contributed by atoms with van der Waals surface area (Å²) in [5, 5.41) is 3.30. The highest BCUT2D eigenvalue weighted by Gasteiger charge is 2.48. The Morgan fingerprint density at radius 1 is 1.28 bits per heavy atom. The molecule has 0 saturated heterocycles. The number of aryl methyl sites for hydroxylation is 1. The predicted molar refractivity (Wildman–Crippen MR) is 129 cm³/mol. The van der Waals surface area contributed by atoms with E-state index in [0.29, 0.717) is 31.8 Å². The number of carbonyl (C=O) groups is 2. The van der Waals surface area contributed by atoms with E-state index in [4.69, 9.17) is 4.74 Å². The number of rotatable bonds is 8. The Bertz CT molecular complexity index is 973. The molecule has 3 heterocycles. The molecule has 2 aliphatic rings. The Hall–Kier alpha value is -1.86. The molecule has 1 N–H and O–H groups in total. The van der Waals surface area contributed by atoms with Gasteiger partial charge in [-0.1, -0.05) is 26.2 Å². The van der Waals surface area contributed by atoms with Gasteiger partial charge in [-0.3, -0.25) is 9.59 Å². The van der Waals surface area contributed by atoms with Gasteiger partial charge in [0.1, 0.15) is 11.2 Å². The normalized spacial score (nSPS) is 22.0. The zero-order chi connectivity index (χ0) is 22.9. The van der Waals surface area contributed by atoms with Crippen molar-refractivity contribution < 1.29 is 14.3 Å². The third-order valence-corrected chi connectivity index (χ3v) is 8.14. The van der Waals surface area contributed by atoms with E-state index in [-0.39, 0.29) is 24.0 Å². The molecule has 1 saturated carbocycles. The van der Waals surface area contributed by atoms with Gasteiger partial charge < -0.3 is 19.5 Å². The quantitative estimate of drug-likeness (QED) is 0.580. The van der Waals surface area contributed by atoms with Gasteiger partial charge in [0.05, 0.1) is 22.9 Å². The van der Waals surface area contributed by atoms with E-state index < -0.39 is 5.54 Å². The summed E-state index contributed by atoms with van der Waals surface area (Å²) >= 11 is 1.74. The number of nitrogens with one attached hydrogen (secondary N) is 1. The molecular weight excluding hydrogens is 422 g/mol. The molecule has 32 heavy (non-hydrogen) atoms. The van der Waals surface area contributed by atoms with Crippen molar-refractivity contribution in [3.8, 4) is 0 Å². The number of ether oxygens (including phenoxy) is 1. The summed E-state index contributed by atoms with van der Waals surface area (Å²) in [6.45, 7) is 9.69. The van der Waals surface area contributed by atoms with Gasteiger partial charge in [0.2, 0.25) is 5.91 Å². The van der Waals surface area contributed by atoms with Crippen molar-refractivity contribution in [2.24, 2.45) is 0 Å². The smallest absolute Gasteiger partial charge is 0.271 e. The lowest BCUT2D eigenvalue weighted by Crippen LogP contribution is -2.65. The van der Waals surface area contributed by atoms with E-state index in [2.05, 4.69) is 22.9 Å². The molecule has 1 atom stereocenters. The molecule has 1 aliphatic heterocycles. The first-order valence-electron chi connectivity index (χ1n) is 12.2. The highest BCUT2D eigenvalue weighted by molar-refractivity contribution is 7.19. The summed E-state index contributed by atoms with van der Waals surface area (Å²) in [7, 11) is 0. The van der Waals surface area contributed by atoms with Crippen LogP contribution in [0.1, 0.15) is 81.6 Å². The lowest BCUT2D eigenvalue weighted by molar-refractivity contribution is -0.134. The van der Waals surface area contributed by atoms with Crippen LogP contribution in [0.5, 0.6) is 0 Å². The van der Waals surface area contributed by atoms with Gasteiger partial charge in [0.15, 0.2) is 0 Å². The number of aromatic nitrogens is 1. The summed E-state index contributed by atoms with van der Waals surface area (Å²) in [4.78, 5) is 30.4. The van der Waals surface area contributed by atoms with Crippen molar-refractivity contribution in [2.45, 2.75) is 96.9 Å². The van der Waals surface area contributed by atoms with E-state index in [0.717, 1.165) is 42.3 Å². The van der Waals surface area contributed by atoms with Crippen LogP contribution in [-0.2, 0) is 22.5 Å². The first-order chi connectivity index (χ1) is 15.3. The summed E-state index contributed by atoms with van der Waals surface area (Å²) < 4.78 is 8.91. The van der Waals surface area contributed by atoms with Gasteiger partial charge in [-0.2, -0.15) is 0 Å². The first-order valence-corrected chi connectivity index (χ1v) is 13.0. The summed E-state index contributed by atoms with van der Waals surface area (Å²) in [5.74, 6) is -0.0792. The monoisotopic (exact) mass is 459 g/mol. The third-order valence-electron chi connectivity index (χ3n) is 6.92. The molecule has 4 rings (SSSR count). The molecule has 176 valence electrons. The van der Waals surface area contributed by atoms with Crippen LogP contribution >= 0.6 is 11.3 Å². The number of carbonyl (C=O) groups excluding carboxylic acids is 2. The highest BCUT2D eigenvalue weighted by atomic mass is 32.1. The largest absolute Gasteiger partial charge is 0.379 e. The van der Waals surface area contributed by atoms with Crippen LogP contribution in [0.4, 0.5) is 0 Å². The zero-order valence-electron chi connectivity index (χ0n) is 19.9. The number of hydrogen-bond donors (Lipinski definition) is 1. The second-order valence-corrected chi connectivity index (χ2v) is 10.9. The number of amides is 2. The number of hydrogen-bond acceptors (Lipinski definition) is 4. The molecule has 1 aliphatic carbocycles. The molecule has 0 bridgehead atoms. The van der Waals surface area contributed by atoms with Crippen molar-refractivity contribution in [1.29, 1.82) is 0 Å². The summed E-state index contributed by atoms with van der Waals surface area (Å²) in [6.07, 6.45) is 7.47. The Morgan fingerprint density at radius 3 is 2.72 bits per heavy atom. The van der Waals surface area contributed by atoms with E-state index >= 15 is 0 Å². The molecule has 0 spiro atoms. The summed E-state index contributed by atoms with van der Waals surface area (Å²) in [6, 6.07) is 4.41. The Morgan fingerprint density at radius 2 is 2.03 bits per heavy atom. The average molecular weight is 460 g/mol. The van der Waals surface area contributed by atoms with Crippen LogP contribution in [0.3, 0.4) is 0 Å². The summed E-state index contributed by atoms with van der Waals surface area (Å²) in [5.41, 5.74) is 0.857. The maximum Gasteiger partial charge on any atom is 0.271 e. The maximum atomic E-state index is 13.7. The second kappa shape index (κ2) is 9.56. The standard InChI is InChI=1S/C25H37N3O3S/c1-5-19-14-20-22(32-19)15-21-23(29)28(12-9-13-31-17(2)3)25(4,16-27(20)21)24(30)26-18-10-7-6-8-11-18/h14-15,17-18H,5-13,16H2,1-4H3,(H,26,30)/t25-/m0/s1. The Balaban J connectivity index is 1.63. The van der Waals surface area contributed by atoms with Gasteiger partial charge >= 0.3 is 0 Å². The maximum absolute atomic E-state index is 13.7. The van der Waals surface area contributed by atoms with Crippen molar-refractivity contribution >= 4 is 33.4 Å². The number of thiophene rings is 1. The average Bonchev–Trinajstić information content (AvgIpc) is 3.32. The minimum atomic E-state index is -0.917. The van der Waals surface area contributed by atoms with E-state index in [1.807, 2.05) is 26.8 Å². The van der Waals surface area contributed by atoms with Crippen LogP contribution in [0.15, 0.2) is 12.1 Å². The molecule has 0 radical (unpaired) electrons. The van der Waals surface area contributed by atoms with Crippen LogP contribution in [0, 0.1) is 0 Å². The Labute approximate surface area is 195 Å². The minimum absolute atomic E-state index is 0.0269. The fourth-order valence-corrected chi connectivity index (χ4v) is 6.08. The molecule has 6 nitrogen and oxygen atoms in total. The number of fused-ring (bicyclic) bond motifs is 3. The lowest BCUT2D eigenvalue weighted by Gasteiger charge is -2.45. The first kappa shape index (κ1) is 23.3. The van der Waals surface area contributed by atoms with Crippen molar-refractivity contribution in [2.75, 3.05) is 13.2 Å². The van der Waals surface area contributed by atoms with Gasteiger partial charge in [0, 0.05) is 24.1 Å². The van der Waals surface area contributed by atoms with Crippen LogP contribution in [0.2, 0.25) is 0 Å². The molecule has 0 aromatic carbocycles. The van der Waals surface area contributed by atoms with E-state index in [1.54, 1.807) is 16.2 Å². The molecule has 0 unspecified atom stereocenters. The topological polar surface area (TPSA) is 63.6 Å². The zero-order valence-corrected chi connectivity index (χ0v) is 20.7. The van der Waals surface area contributed by atoms with E-state index in [1.165, 1.54) is 11.3 Å². The lowest BCUT2D eigenvalue weighted by atomic mass is 9.91. The van der Waals surface area contributed by atoms with Gasteiger partial charge in [-0.25, -0.2) is 0 Å². The van der Waals surface area contributed by atoms with Crippen LogP contribution in [-0.4, -0.2) is 52.1 Å². The molecule has 1 fully saturated rings. The van der Waals surface area contributed by atoms with Gasteiger partial charge in [-0.15, -0.1) is 11.3 Å². The second-order valence-electron chi connectivity index (χ2n) is 9.74. The highest BCUT2D eigenvalue weighted by Crippen LogP contribution is 2.36. The molecule has 2 amide bonds. The van der Waals surface area contributed by atoms with Crippen molar-refractivity contribution in [3.05, 3.63) is 22.7 Å². The minimum Gasteiger partial charge on any atom is -0.379 e. The third kappa shape index (κ3) is 4.46. The van der Waals surface area contributed by atoms with Crippen molar-refractivity contribution in [1.82, 2.24) is 14.8 Å². The van der Waals surface area contributed by atoms with Crippen molar-refractivity contribution in [3.63, 3.8) is 0 Å². The predicted octanol–water partition coefficient (Wildman–Crippen LogP) is 4.74. The molecular formula is C25H37N3O3S. The number of nitrogens with zero attached hydrogens (tertiary/aromatic N) is 2. The van der Waals surface area contributed by atoms with E-state index in [9.17, 15) is 9.59 Å². The molecule has 2 aromatic rings. The van der Waals surface area contributed by atoms with Crippen LogP contribution < -0.4 is 5.32 Å². The fraction of sp³-hybridized carbons (Fsp3) is 0.680. The molecule has 7 heteroatoms. The SMILES string of the molecule is CCc1cc2c(cc3n2C[C@@](C)(C(=O)NC2CCCCC2)N(CCCOC(C)C)C3=O)s1. The van der Waals surface area contributed by atoms with Crippen LogP contribution in [0.25, 0.3) is 10.2 Å². The van der Waals surface area contributed by atoms with Gasteiger partial charge in [0.25, 0.3) is 5.91 Å². The van der Waals surface area contributed by atoms with Gasteiger partial charge in [-0.05, 0) is 58.6 Å². The Kier molecular flexibility index (Phi) is 6.96.